The molecule has 0 bridgehead atoms. The van der Waals surface area contributed by atoms with E-state index in [1.807, 2.05) is 6.07 Å². The third kappa shape index (κ3) is 3.97. The summed E-state index contributed by atoms with van der Waals surface area (Å²) in [5, 5.41) is 15.0. The molecule has 8 nitrogen and oxygen atoms in total. The van der Waals surface area contributed by atoms with Gasteiger partial charge in [0.15, 0.2) is 0 Å². The number of nitro groups is 1. The van der Waals surface area contributed by atoms with Crippen molar-refractivity contribution in [2.45, 2.75) is 26.4 Å². The zero-order valence-electron chi connectivity index (χ0n) is 15.3. The van der Waals surface area contributed by atoms with Crippen LogP contribution in [0.3, 0.4) is 0 Å². The summed E-state index contributed by atoms with van der Waals surface area (Å²) in [7, 11) is 0. The molecule has 1 amide bonds. The molecule has 1 fully saturated rings. The topological polar surface area (TPSA) is 84.5 Å². The Hall–Kier alpha value is -2.81. The number of benzene rings is 1. The van der Waals surface area contributed by atoms with E-state index in [1.54, 1.807) is 30.9 Å². The zero-order valence-corrected chi connectivity index (χ0v) is 15.3. The SMILES string of the molecule is Cc1c([N+](=O)[O-])cnn1C(C)C(=O)N1CCN(Cc2ccccc2F)CC1. The zero-order chi connectivity index (χ0) is 19.6. The van der Waals surface area contributed by atoms with Gasteiger partial charge in [0, 0.05) is 38.3 Å². The fourth-order valence-corrected chi connectivity index (χ4v) is 3.35. The molecule has 1 aromatic heterocycles. The van der Waals surface area contributed by atoms with Crippen LogP contribution in [0.4, 0.5) is 10.1 Å². The highest BCUT2D eigenvalue weighted by atomic mass is 19.1. The highest BCUT2D eigenvalue weighted by molar-refractivity contribution is 5.80. The van der Waals surface area contributed by atoms with Crippen LogP contribution >= 0.6 is 0 Å². The van der Waals surface area contributed by atoms with Crippen molar-refractivity contribution in [2.75, 3.05) is 26.2 Å². The molecule has 1 aliphatic heterocycles. The molecular weight excluding hydrogens is 353 g/mol. The first-order chi connectivity index (χ1) is 12.9. The first-order valence-electron chi connectivity index (χ1n) is 8.81. The van der Waals surface area contributed by atoms with Crippen molar-refractivity contribution in [2.24, 2.45) is 0 Å². The lowest BCUT2D eigenvalue weighted by Crippen LogP contribution is -2.50. The summed E-state index contributed by atoms with van der Waals surface area (Å²) in [5.41, 5.74) is 0.911. The van der Waals surface area contributed by atoms with Crippen LogP contribution in [0.15, 0.2) is 30.5 Å². The molecular formula is C18H22FN5O3. The van der Waals surface area contributed by atoms with Crippen molar-refractivity contribution < 1.29 is 14.1 Å². The van der Waals surface area contributed by atoms with Crippen molar-refractivity contribution in [1.82, 2.24) is 19.6 Å². The fourth-order valence-electron chi connectivity index (χ4n) is 3.35. The van der Waals surface area contributed by atoms with Crippen LogP contribution in [0.25, 0.3) is 0 Å². The highest BCUT2D eigenvalue weighted by Gasteiger charge is 2.29. The van der Waals surface area contributed by atoms with Gasteiger partial charge < -0.3 is 4.90 Å². The predicted molar refractivity (Wildman–Crippen MR) is 96.6 cm³/mol. The Bertz CT molecular complexity index is 845. The molecule has 0 radical (unpaired) electrons. The molecule has 1 atom stereocenters. The van der Waals surface area contributed by atoms with Crippen LogP contribution in [0.1, 0.15) is 24.2 Å². The molecule has 2 aromatic rings. The second kappa shape index (κ2) is 7.83. The summed E-state index contributed by atoms with van der Waals surface area (Å²) in [5.74, 6) is -0.345. The van der Waals surface area contributed by atoms with Crippen molar-refractivity contribution in [1.29, 1.82) is 0 Å². The van der Waals surface area contributed by atoms with Gasteiger partial charge in [0.05, 0.1) is 4.92 Å². The van der Waals surface area contributed by atoms with Crippen LogP contribution in [-0.2, 0) is 11.3 Å². The maximum atomic E-state index is 13.8. The number of carbonyl (C=O) groups is 1. The second-order valence-corrected chi connectivity index (χ2v) is 6.69. The number of carbonyl (C=O) groups excluding carboxylic acids is 1. The van der Waals surface area contributed by atoms with Crippen molar-refractivity contribution in [3.05, 3.63) is 57.7 Å². The average Bonchev–Trinajstić information content (AvgIpc) is 3.05. The molecule has 1 aromatic carbocycles. The van der Waals surface area contributed by atoms with E-state index < -0.39 is 11.0 Å². The van der Waals surface area contributed by atoms with Crippen LogP contribution in [0, 0.1) is 22.9 Å². The Kier molecular flexibility index (Phi) is 5.50. The van der Waals surface area contributed by atoms with Gasteiger partial charge in [-0.1, -0.05) is 18.2 Å². The summed E-state index contributed by atoms with van der Waals surface area (Å²) >= 11 is 0. The molecule has 0 saturated carbocycles. The number of aromatic nitrogens is 2. The molecule has 0 spiro atoms. The molecule has 1 saturated heterocycles. The minimum Gasteiger partial charge on any atom is -0.338 e. The first kappa shape index (κ1) is 19.0. The Labute approximate surface area is 156 Å². The largest absolute Gasteiger partial charge is 0.338 e. The summed E-state index contributed by atoms with van der Waals surface area (Å²) in [6.45, 7) is 6.13. The molecule has 1 unspecified atom stereocenters. The number of amides is 1. The van der Waals surface area contributed by atoms with Gasteiger partial charge in [0.1, 0.15) is 23.7 Å². The molecule has 1 aliphatic rings. The lowest BCUT2D eigenvalue weighted by molar-refractivity contribution is -0.385. The van der Waals surface area contributed by atoms with Gasteiger partial charge in [-0.15, -0.1) is 0 Å². The summed E-state index contributed by atoms with van der Waals surface area (Å²) in [6, 6.07) is 6.08. The van der Waals surface area contributed by atoms with E-state index in [2.05, 4.69) is 10.00 Å². The Balaban J connectivity index is 1.60. The van der Waals surface area contributed by atoms with Gasteiger partial charge in [-0.05, 0) is 19.9 Å². The van der Waals surface area contributed by atoms with Gasteiger partial charge in [-0.2, -0.15) is 5.10 Å². The number of piperazine rings is 1. The second-order valence-electron chi connectivity index (χ2n) is 6.69. The summed E-state index contributed by atoms with van der Waals surface area (Å²) in [4.78, 5) is 27.1. The van der Waals surface area contributed by atoms with Crippen LogP contribution in [0.5, 0.6) is 0 Å². The van der Waals surface area contributed by atoms with Crippen LogP contribution in [-0.4, -0.2) is 56.6 Å². The molecule has 0 aliphatic carbocycles. The lowest BCUT2D eigenvalue weighted by atomic mass is 10.1. The van der Waals surface area contributed by atoms with E-state index in [-0.39, 0.29) is 17.4 Å². The van der Waals surface area contributed by atoms with Crippen molar-refractivity contribution in [3.8, 4) is 0 Å². The average molecular weight is 375 g/mol. The molecule has 2 heterocycles. The van der Waals surface area contributed by atoms with Gasteiger partial charge in [0.25, 0.3) is 0 Å². The molecule has 3 rings (SSSR count). The van der Waals surface area contributed by atoms with Gasteiger partial charge in [-0.25, -0.2) is 4.39 Å². The van der Waals surface area contributed by atoms with Crippen molar-refractivity contribution >= 4 is 11.6 Å². The summed E-state index contributed by atoms with van der Waals surface area (Å²) in [6.07, 6.45) is 1.17. The molecule has 27 heavy (non-hydrogen) atoms. The van der Waals surface area contributed by atoms with E-state index >= 15 is 0 Å². The minimum atomic E-state index is -0.614. The Morgan fingerprint density at radius 3 is 2.56 bits per heavy atom. The number of hydrogen-bond donors (Lipinski definition) is 0. The van der Waals surface area contributed by atoms with E-state index in [4.69, 9.17) is 0 Å². The molecule has 144 valence electrons. The third-order valence-corrected chi connectivity index (χ3v) is 4.98. The smallest absolute Gasteiger partial charge is 0.309 e. The third-order valence-electron chi connectivity index (χ3n) is 4.98. The Morgan fingerprint density at radius 1 is 1.30 bits per heavy atom. The predicted octanol–water partition coefficient (Wildman–Crippen LogP) is 2.14. The normalized spacial score (nSPS) is 16.3. The lowest BCUT2D eigenvalue weighted by Gasteiger charge is -2.36. The number of hydrogen-bond acceptors (Lipinski definition) is 5. The quantitative estimate of drug-likeness (QED) is 0.591. The minimum absolute atomic E-state index is 0.0932. The number of nitrogens with zero attached hydrogens (tertiary/aromatic N) is 5. The van der Waals surface area contributed by atoms with Gasteiger partial charge in [0.2, 0.25) is 5.91 Å². The van der Waals surface area contributed by atoms with Crippen LogP contribution < -0.4 is 0 Å². The van der Waals surface area contributed by atoms with Crippen LogP contribution in [0.2, 0.25) is 0 Å². The van der Waals surface area contributed by atoms with Crippen molar-refractivity contribution in [3.63, 3.8) is 0 Å². The fraction of sp³-hybridized carbons (Fsp3) is 0.444. The maximum absolute atomic E-state index is 13.8. The van der Waals surface area contributed by atoms with E-state index in [1.165, 1.54) is 16.9 Å². The van der Waals surface area contributed by atoms with E-state index in [0.717, 1.165) is 0 Å². The Morgan fingerprint density at radius 2 is 1.96 bits per heavy atom. The van der Waals surface area contributed by atoms with Gasteiger partial charge in [-0.3, -0.25) is 24.5 Å². The van der Waals surface area contributed by atoms with E-state index in [9.17, 15) is 19.3 Å². The van der Waals surface area contributed by atoms with E-state index in [0.29, 0.717) is 44.0 Å². The first-order valence-corrected chi connectivity index (χ1v) is 8.81. The number of halogens is 1. The maximum Gasteiger partial charge on any atom is 0.309 e. The molecule has 0 N–H and O–H groups in total. The number of rotatable bonds is 5. The summed E-state index contributed by atoms with van der Waals surface area (Å²) < 4.78 is 15.2. The monoisotopic (exact) mass is 375 g/mol. The van der Waals surface area contributed by atoms with Gasteiger partial charge >= 0.3 is 5.69 Å². The molecule has 9 heteroatoms. The standard InChI is InChI=1S/C18H22FN5O3/c1-13-17(24(26)27)11-20-23(13)14(2)18(25)22-9-7-21(8-10-22)12-15-5-3-4-6-16(15)19/h3-6,11,14H,7-10,12H2,1-2H3. The highest BCUT2D eigenvalue weighted by Crippen LogP contribution is 2.22.